The molecule has 0 saturated heterocycles. The van der Waals surface area contributed by atoms with E-state index in [-0.39, 0.29) is 27.2 Å². The topological polar surface area (TPSA) is 103 Å². The van der Waals surface area contributed by atoms with Gasteiger partial charge in [-0.2, -0.15) is 0 Å². The van der Waals surface area contributed by atoms with Gasteiger partial charge in [0.25, 0.3) is 5.88 Å². The number of carbonyl (C=O) groups is 1. The Morgan fingerprint density at radius 3 is 2.38 bits per heavy atom. The summed E-state index contributed by atoms with van der Waals surface area (Å²) in [6.07, 6.45) is 0.955. The van der Waals surface area contributed by atoms with Gasteiger partial charge in [-0.25, -0.2) is 9.78 Å². The van der Waals surface area contributed by atoms with Crippen LogP contribution in [0.5, 0.6) is 11.6 Å². The third kappa shape index (κ3) is 3.59. The van der Waals surface area contributed by atoms with Crippen molar-refractivity contribution in [2.45, 2.75) is 0 Å². The molecule has 0 fully saturated rings. The first-order chi connectivity index (χ1) is 9.86. The van der Waals surface area contributed by atoms with Gasteiger partial charge in [0, 0.05) is 22.3 Å². The van der Waals surface area contributed by atoms with Crippen LogP contribution in [0, 0.1) is 10.1 Å². The van der Waals surface area contributed by atoms with Crippen molar-refractivity contribution in [1.82, 2.24) is 4.98 Å². The van der Waals surface area contributed by atoms with Crippen molar-refractivity contribution in [2.75, 3.05) is 0 Å². The first-order valence-corrected chi connectivity index (χ1v) is 6.14. The second-order valence-electron chi connectivity index (χ2n) is 3.82. The van der Waals surface area contributed by atoms with Crippen LogP contribution in [0.15, 0.2) is 30.5 Å². The van der Waals surface area contributed by atoms with E-state index in [1.807, 2.05) is 0 Å². The first-order valence-electron chi connectivity index (χ1n) is 5.38. The molecule has 2 aromatic rings. The second-order valence-corrected chi connectivity index (χ2v) is 4.69. The van der Waals surface area contributed by atoms with Gasteiger partial charge in [-0.05, 0) is 18.2 Å². The molecule has 0 saturated carbocycles. The van der Waals surface area contributed by atoms with Crippen LogP contribution in [-0.2, 0) is 0 Å². The molecule has 1 aromatic heterocycles. The van der Waals surface area contributed by atoms with Crippen LogP contribution in [0.4, 0.5) is 5.69 Å². The Balaban J connectivity index is 2.43. The summed E-state index contributed by atoms with van der Waals surface area (Å²) in [7, 11) is 0. The maximum Gasteiger partial charge on any atom is 0.337 e. The minimum atomic E-state index is -1.33. The Hall–Kier alpha value is -2.38. The molecule has 1 heterocycles. The quantitative estimate of drug-likeness (QED) is 0.676. The van der Waals surface area contributed by atoms with E-state index >= 15 is 0 Å². The summed E-state index contributed by atoms with van der Waals surface area (Å²) in [5.74, 6) is -1.54. The average Bonchev–Trinajstić information content (AvgIpc) is 2.37. The number of carboxylic acids is 1. The molecule has 9 heteroatoms. The monoisotopic (exact) mass is 328 g/mol. The lowest BCUT2D eigenvalue weighted by Gasteiger charge is -2.06. The largest absolute Gasteiger partial charge is 0.478 e. The zero-order valence-corrected chi connectivity index (χ0v) is 11.6. The van der Waals surface area contributed by atoms with Crippen LogP contribution in [-0.4, -0.2) is 21.0 Å². The van der Waals surface area contributed by atoms with Crippen molar-refractivity contribution in [3.63, 3.8) is 0 Å². The van der Waals surface area contributed by atoms with E-state index in [2.05, 4.69) is 4.98 Å². The molecule has 108 valence electrons. The van der Waals surface area contributed by atoms with Crippen LogP contribution in [0.3, 0.4) is 0 Å². The van der Waals surface area contributed by atoms with Crippen LogP contribution < -0.4 is 4.74 Å². The summed E-state index contributed by atoms with van der Waals surface area (Å²) < 4.78 is 5.25. The van der Waals surface area contributed by atoms with Crippen molar-refractivity contribution in [3.8, 4) is 11.6 Å². The van der Waals surface area contributed by atoms with Crippen LogP contribution >= 0.6 is 23.2 Å². The summed E-state index contributed by atoms with van der Waals surface area (Å²) >= 11 is 11.6. The predicted molar refractivity (Wildman–Crippen MR) is 74.4 cm³/mol. The molecule has 0 unspecified atom stereocenters. The van der Waals surface area contributed by atoms with Crippen LogP contribution in [0.2, 0.25) is 10.0 Å². The third-order valence-electron chi connectivity index (χ3n) is 2.33. The fourth-order valence-electron chi connectivity index (χ4n) is 1.47. The number of nitrogens with zero attached hydrogens (tertiary/aromatic N) is 2. The zero-order chi connectivity index (χ0) is 15.6. The Morgan fingerprint density at radius 2 is 1.86 bits per heavy atom. The number of aromatic nitrogens is 1. The smallest absolute Gasteiger partial charge is 0.337 e. The number of hydrogen-bond acceptors (Lipinski definition) is 5. The first kappa shape index (κ1) is 15.0. The lowest BCUT2D eigenvalue weighted by atomic mass is 10.2. The maximum atomic E-state index is 11.0. The van der Waals surface area contributed by atoms with Gasteiger partial charge in [0.05, 0.1) is 10.5 Å². The molecule has 7 nitrogen and oxygen atoms in total. The molecule has 0 amide bonds. The molecule has 0 aliphatic carbocycles. The van der Waals surface area contributed by atoms with Gasteiger partial charge in [0.1, 0.15) is 5.75 Å². The standard InChI is InChI=1S/C12H6Cl2N2O5/c13-7-2-8(14)4-9(3-7)21-11-10(16(19)20)1-6(5-15-11)12(17)18/h1-5H,(H,17,18). The molecule has 0 bridgehead atoms. The number of nitro groups is 1. The van der Waals surface area contributed by atoms with Crippen LogP contribution in [0.25, 0.3) is 0 Å². The molecule has 0 radical (unpaired) electrons. The number of hydrogen-bond donors (Lipinski definition) is 1. The summed E-state index contributed by atoms with van der Waals surface area (Å²) in [6, 6.07) is 5.11. The van der Waals surface area contributed by atoms with Gasteiger partial charge < -0.3 is 9.84 Å². The summed E-state index contributed by atoms with van der Waals surface area (Å²) in [4.78, 5) is 24.6. The normalized spacial score (nSPS) is 10.2. The molecule has 2 rings (SSSR count). The molecule has 1 aromatic carbocycles. The Morgan fingerprint density at radius 1 is 1.24 bits per heavy atom. The van der Waals surface area contributed by atoms with Gasteiger partial charge >= 0.3 is 11.7 Å². The number of aromatic carboxylic acids is 1. The average molecular weight is 329 g/mol. The van der Waals surface area contributed by atoms with Crippen molar-refractivity contribution in [1.29, 1.82) is 0 Å². The predicted octanol–water partition coefficient (Wildman–Crippen LogP) is 3.79. The van der Waals surface area contributed by atoms with Crippen molar-refractivity contribution in [3.05, 3.63) is 56.2 Å². The van der Waals surface area contributed by atoms with E-state index in [0.29, 0.717) is 0 Å². The summed E-state index contributed by atoms with van der Waals surface area (Å²) in [6.45, 7) is 0. The lowest BCUT2D eigenvalue weighted by Crippen LogP contribution is -2.02. The Kier molecular flexibility index (Phi) is 4.25. The van der Waals surface area contributed by atoms with Crippen LogP contribution in [0.1, 0.15) is 10.4 Å². The van der Waals surface area contributed by atoms with Gasteiger partial charge in [-0.3, -0.25) is 10.1 Å². The highest BCUT2D eigenvalue weighted by Crippen LogP contribution is 2.32. The number of ether oxygens (including phenoxy) is 1. The van der Waals surface area contributed by atoms with Gasteiger partial charge in [0.15, 0.2) is 0 Å². The maximum absolute atomic E-state index is 11.0. The van der Waals surface area contributed by atoms with Crippen molar-refractivity contribution in [2.24, 2.45) is 0 Å². The van der Waals surface area contributed by atoms with E-state index in [0.717, 1.165) is 12.3 Å². The number of pyridine rings is 1. The number of carboxylic acid groups (broad SMARTS) is 1. The van der Waals surface area contributed by atoms with E-state index < -0.39 is 16.6 Å². The minimum absolute atomic E-state index is 0.145. The summed E-state index contributed by atoms with van der Waals surface area (Å²) in [5.41, 5.74) is -0.899. The van der Waals surface area contributed by atoms with Crippen molar-refractivity contribution >= 4 is 34.9 Å². The lowest BCUT2D eigenvalue weighted by molar-refractivity contribution is -0.386. The van der Waals surface area contributed by atoms with E-state index in [9.17, 15) is 14.9 Å². The van der Waals surface area contributed by atoms with E-state index in [1.165, 1.54) is 18.2 Å². The highest BCUT2D eigenvalue weighted by atomic mass is 35.5. The SMILES string of the molecule is O=C(O)c1cnc(Oc2cc(Cl)cc(Cl)c2)c([N+](=O)[O-])c1. The number of halogens is 2. The van der Waals surface area contributed by atoms with Gasteiger partial charge in [0.2, 0.25) is 0 Å². The molecule has 1 N–H and O–H groups in total. The molecular formula is C12H6Cl2N2O5. The highest BCUT2D eigenvalue weighted by molar-refractivity contribution is 6.34. The molecule has 0 atom stereocenters. The van der Waals surface area contributed by atoms with Gasteiger partial charge in [-0.15, -0.1) is 0 Å². The third-order valence-corrected chi connectivity index (χ3v) is 2.76. The summed E-state index contributed by atoms with van der Waals surface area (Å²) in [5, 5.41) is 20.3. The highest BCUT2D eigenvalue weighted by Gasteiger charge is 2.21. The minimum Gasteiger partial charge on any atom is -0.478 e. The Bertz CT molecular complexity index is 715. The zero-order valence-electron chi connectivity index (χ0n) is 10.1. The molecule has 0 aliphatic heterocycles. The van der Waals surface area contributed by atoms with E-state index in [1.54, 1.807) is 0 Å². The second kappa shape index (κ2) is 5.94. The fourth-order valence-corrected chi connectivity index (χ4v) is 1.97. The molecular weight excluding hydrogens is 323 g/mol. The van der Waals surface area contributed by atoms with Gasteiger partial charge in [-0.1, -0.05) is 23.2 Å². The fraction of sp³-hybridized carbons (Fsp3) is 0. The molecule has 0 aliphatic rings. The Labute approximate surface area is 127 Å². The number of benzene rings is 1. The number of rotatable bonds is 4. The molecule has 21 heavy (non-hydrogen) atoms. The molecule has 0 spiro atoms. The van der Waals surface area contributed by atoms with E-state index in [4.69, 9.17) is 33.0 Å². The van der Waals surface area contributed by atoms with Crippen molar-refractivity contribution < 1.29 is 19.6 Å².